The topological polar surface area (TPSA) is 37.8 Å². The van der Waals surface area contributed by atoms with E-state index in [0.29, 0.717) is 0 Å². The highest BCUT2D eigenvalue weighted by molar-refractivity contribution is 7.09. The van der Waals surface area contributed by atoms with E-state index in [1.54, 1.807) is 17.5 Å². The lowest BCUT2D eigenvalue weighted by Crippen LogP contribution is -2.22. The van der Waals surface area contributed by atoms with Crippen LogP contribution in [-0.2, 0) is 0 Å². The SMILES string of the molecule is Cc1csc(C(C)NC(C)c2cncc(F)c2)n1. The first-order chi connectivity index (χ1) is 8.56. The first-order valence-electron chi connectivity index (χ1n) is 5.85. The van der Waals surface area contributed by atoms with Crippen molar-refractivity contribution in [2.45, 2.75) is 32.9 Å². The molecule has 1 N–H and O–H groups in total. The number of hydrogen-bond donors (Lipinski definition) is 1. The molecule has 0 saturated heterocycles. The van der Waals surface area contributed by atoms with Gasteiger partial charge >= 0.3 is 0 Å². The Morgan fingerprint density at radius 3 is 2.67 bits per heavy atom. The van der Waals surface area contributed by atoms with Gasteiger partial charge in [0.2, 0.25) is 0 Å². The Bertz CT molecular complexity index is 526. The van der Waals surface area contributed by atoms with Crippen molar-refractivity contribution in [2.75, 3.05) is 0 Å². The van der Waals surface area contributed by atoms with Crippen LogP contribution in [-0.4, -0.2) is 9.97 Å². The van der Waals surface area contributed by atoms with Crippen LogP contribution in [0.1, 0.15) is 42.2 Å². The summed E-state index contributed by atoms with van der Waals surface area (Å²) in [4.78, 5) is 8.30. The van der Waals surface area contributed by atoms with Crippen molar-refractivity contribution in [1.29, 1.82) is 0 Å². The Hall–Kier alpha value is -1.33. The summed E-state index contributed by atoms with van der Waals surface area (Å²) in [7, 11) is 0. The second-order valence-corrected chi connectivity index (χ2v) is 5.26. The van der Waals surface area contributed by atoms with E-state index in [0.717, 1.165) is 16.3 Å². The minimum atomic E-state index is -0.307. The molecule has 0 amide bonds. The Labute approximate surface area is 110 Å². The fourth-order valence-corrected chi connectivity index (χ4v) is 2.59. The van der Waals surface area contributed by atoms with E-state index in [-0.39, 0.29) is 17.9 Å². The van der Waals surface area contributed by atoms with E-state index in [1.165, 1.54) is 12.3 Å². The molecule has 0 aliphatic rings. The number of halogens is 1. The zero-order valence-electron chi connectivity index (χ0n) is 10.6. The van der Waals surface area contributed by atoms with Crippen LogP contribution in [0.3, 0.4) is 0 Å². The summed E-state index contributed by atoms with van der Waals surface area (Å²) in [5, 5.41) is 6.47. The molecule has 2 atom stereocenters. The van der Waals surface area contributed by atoms with Crippen molar-refractivity contribution in [3.8, 4) is 0 Å². The number of nitrogens with one attached hydrogen (secondary N) is 1. The van der Waals surface area contributed by atoms with Gasteiger partial charge in [0, 0.05) is 23.3 Å². The minimum absolute atomic E-state index is 0.0346. The fourth-order valence-electron chi connectivity index (χ4n) is 1.78. The van der Waals surface area contributed by atoms with Crippen molar-refractivity contribution in [1.82, 2.24) is 15.3 Å². The molecule has 2 unspecified atom stereocenters. The third-order valence-corrected chi connectivity index (χ3v) is 3.88. The lowest BCUT2D eigenvalue weighted by Gasteiger charge is -2.18. The van der Waals surface area contributed by atoms with Gasteiger partial charge in [0.1, 0.15) is 10.8 Å². The third-order valence-electron chi connectivity index (χ3n) is 2.73. The summed E-state index contributed by atoms with van der Waals surface area (Å²) in [5.74, 6) is -0.307. The molecule has 5 heteroatoms. The van der Waals surface area contributed by atoms with E-state index < -0.39 is 0 Å². The van der Waals surface area contributed by atoms with Crippen LogP contribution in [0.15, 0.2) is 23.8 Å². The van der Waals surface area contributed by atoms with Crippen molar-refractivity contribution < 1.29 is 4.39 Å². The molecule has 0 saturated carbocycles. The maximum absolute atomic E-state index is 13.1. The zero-order chi connectivity index (χ0) is 13.1. The van der Waals surface area contributed by atoms with Gasteiger partial charge < -0.3 is 5.32 Å². The van der Waals surface area contributed by atoms with Crippen LogP contribution >= 0.6 is 11.3 Å². The largest absolute Gasteiger partial charge is 0.301 e. The van der Waals surface area contributed by atoms with Gasteiger partial charge in [-0.25, -0.2) is 9.37 Å². The van der Waals surface area contributed by atoms with E-state index in [2.05, 4.69) is 22.2 Å². The Balaban J connectivity index is 2.05. The van der Waals surface area contributed by atoms with Crippen LogP contribution in [0, 0.1) is 12.7 Å². The summed E-state index contributed by atoms with van der Waals surface area (Å²) in [6, 6.07) is 1.68. The molecule has 3 nitrogen and oxygen atoms in total. The molecule has 0 fully saturated rings. The summed E-state index contributed by atoms with van der Waals surface area (Å²) in [5.41, 5.74) is 1.87. The first kappa shape index (κ1) is 13.1. The van der Waals surface area contributed by atoms with Gasteiger partial charge in [0.15, 0.2) is 0 Å². The highest BCUT2D eigenvalue weighted by Gasteiger charge is 2.14. The molecule has 0 spiro atoms. The molecule has 0 radical (unpaired) electrons. The molecule has 0 aromatic carbocycles. The Morgan fingerprint density at radius 2 is 2.06 bits per heavy atom. The molecular formula is C13H16FN3S. The van der Waals surface area contributed by atoms with Crippen LogP contribution in [0.4, 0.5) is 4.39 Å². The maximum atomic E-state index is 13.1. The molecule has 0 aliphatic carbocycles. The number of aromatic nitrogens is 2. The van der Waals surface area contributed by atoms with Gasteiger partial charge in [-0.2, -0.15) is 0 Å². The number of aryl methyl sites for hydroxylation is 1. The second kappa shape index (κ2) is 5.54. The van der Waals surface area contributed by atoms with Gasteiger partial charge in [-0.1, -0.05) is 0 Å². The van der Waals surface area contributed by atoms with Crippen LogP contribution in [0.25, 0.3) is 0 Å². The van der Waals surface area contributed by atoms with Crippen molar-refractivity contribution in [2.24, 2.45) is 0 Å². The highest BCUT2D eigenvalue weighted by atomic mass is 32.1. The normalized spacial score (nSPS) is 14.4. The van der Waals surface area contributed by atoms with Gasteiger partial charge in [-0.15, -0.1) is 11.3 Å². The zero-order valence-corrected chi connectivity index (χ0v) is 11.5. The van der Waals surface area contributed by atoms with Crippen molar-refractivity contribution in [3.63, 3.8) is 0 Å². The molecular weight excluding hydrogens is 249 g/mol. The summed E-state index contributed by atoms with van der Waals surface area (Å²) in [6.45, 7) is 6.03. The number of rotatable bonds is 4. The molecule has 2 aromatic rings. The fraction of sp³-hybridized carbons (Fsp3) is 0.385. The van der Waals surface area contributed by atoms with Crippen LogP contribution in [0.5, 0.6) is 0 Å². The third kappa shape index (κ3) is 3.11. The van der Waals surface area contributed by atoms with Gasteiger partial charge in [0.25, 0.3) is 0 Å². The van der Waals surface area contributed by atoms with E-state index in [9.17, 15) is 4.39 Å². The molecule has 18 heavy (non-hydrogen) atoms. The van der Waals surface area contributed by atoms with E-state index >= 15 is 0 Å². The van der Waals surface area contributed by atoms with Crippen LogP contribution in [0.2, 0.25) is 0 Å². The van der Waals surface area contributed by atoms with Gasteiger partial charge in [-0.05, 0) is 32.4 Å². The number of hydrogen-bond acceptors (Lipinski definition) is 4. The average Bonchev–Trinajstić information content (AvgIpc) is 2.76. The molecule has 96 valence electrons. The highest BCUT2D eigenvalue weighted by Crippen LogP contribution is 2.21. The van der Waals surface area contributed by atoms with E-state index in [4.69, 9.17) is 0 Å². The summed E-state index contributed by atoms with van der Waals surface area (Å²) >= 11 is 1.63. The van der Waals surface area contributed by atoms with Gasteiger partial charge in [-0.3, -0.25) is 4.98 Å². The standard InChI is InChI=1S/C13H16FN3S/c1-8-7-18-13(16-8)10(3)17-9(2)11-4-12(14)6-15-5-11/h4-7,9-10,17H,1-3H3. The molecule has 0 aliphatic heterocycles. The lowest BCUT2D eigenvalue weighted by atomic mass is 10.1. The average molecular weight is 265 g/mol. The quantitative estimate of drug-likeness (QED) is 0.920. The predicted molar refractivity (Wildman–Crippen MR) is 71.0 cm³/mol. The van der Waals surface area contributed by atoms with Crippen LogP contribution < -0.4 is 5.32 Å². The smallest absolute Gasteiger partial charge is 0.141 e. The lowest BCUT2D eigenvalue weighted by molar-refractivity contribution is 0.488. The monoisotopic (exact) mass is 265 g/mol. The van der Waals surface area contributed by atoms with Gasteiger partial charge in [0.05, 0.1) is 12.2 Å². The Morgan fingerprint density at radius 1 is 1.28 bits per heavy atom. The molecule has 2 rings (SSSR count). The maximum Gasteiger partial charge on any atom is 0.141 e. The van der Waals surface area contributed by atoms with Crippen molar-refractivity contribution in [3.05, 3.63) is 45.9 Å². The number of thiazole rings is 1. The molecule has 2 aromatic heterocycles. The number of pyridine rings is 1. The summed E-state index contributed by atoms with van der Waals surface area (Å²) in [6.07, 6.45) is 2.89. The molecule has 2 heterocycles. The van der Waals surface area contributed by atoms with E-state index in [1.807, 2.05) is 19.2 Å². The second-order valence-electron chi connectivity index (χ2n) is 4.37. The Kier molecular flexibility index (Phi) is 4.04. The minimum Gasteiger partial charge on any atom is -0.301 e. The number of nitrogens with zero attached hydrogens (tertiary/aromatic N) is 2. The van der Waals surface area contributed by atoms with Crippen molar-refractivity contribution >= 4 is 11.3 Å². The predicted octanol–water partition coefficient (Wildman–Crippen LogP) is 3.40. The first-order valence-corrected chi connectivity index (χ1v) is 6.72. The molecule has 0 bridgehead atoms. The summed E-state index contributed by atoms with van der Waals surface area (Å²) < 4.78 is 13.1.